The molecule has 106 valence electrons. The fraction of sp³-hybridized carbons (Fsp3) is 0.167. The zero-order valence-corrected chi connectivity index (χ0v) is 11.1. The Bertz CT molecular complexity index is 624. The molecule has 0 spiro atoms. The van der Waals surface area contributed by atoms with Crippen LogP contribution in [-0.4, -0.2) is 11.0 Å². The van der Waals surface area contributed by atoms with Gasteiger partial charge in [-0.05, 0) is 25.1 Å². The van der Waals surface area contributed by atoms with Crippen LogP contribution in [0.1, 0.15) is 11.3 Å². The largest absolute Gasteiger partial charge is 0.416 e. The number of thiazole rings is 1. The van der Waals surface area contributed by atoms with Crippen molar-refractivity contribution in [2.75, 3.05) is 10.6 Å². The summed E-state index contributed by atoms with van der Waals surface area (Å²) in [5.74, 6) is 0. The summed E-state index contributed by atoms with van der Waals surface area (Å²) in [7, 11) is 0. The first-order valence-electron chi connectivity index (χ1n) is 5.52. The Labute approximate surface area is 116 Å². The number of hydrogen-bond acceptors (Lipinski definition) is 3. The Kier molecular flexibility index (Phi) is 3.93. The van der Waals surface area contributed by atoms with Crippen LogP contribution in [0.15, 0.2) is 29.6 Å². The number of rotatable bonds is 2. The van der Waals surface area contributed by atoms with E-state index in [-0.39, 0.29) is 5.69 Å². The van der Waals surface area contributed by atoms with E-state index < -0.39 is 17.8 Å². The lowest BCUT2D eigenvalue weighted by molar-refractivity contribution is -0.137. The monoisotopic (exact) mass is 301 g/mol. The number of aromatic nitrogens is 1. The molecule has 0 fully saturated rings. The molecule has 2 aromatic rings. The Hall–Kier alpha value is -2.09. The molecular weight excluding hydrogens is 291 g/mol. The molecule has 0 aliphatic carbocycles. The average Bonchev–Trinajstić information content (AvgIpc) is 2.73. The van der Waals surface area contributed by atoms with Gasteiger partial charge in [-0.2, -0.15) is 13.2 Å². The molecule has 8 heteroatoms. The molecule has 0 saturated carbocycles. The lowest BCUT2D eigenvalue weighted by Gasteiger charge is -2.09. The summed E-state index contributed by atoms with van der Waals surface area (Å²) in [6, 6.07) is 3.77. The van der Waals surface area contributed by atoms with Crippen LogP contribution in [0, 0.1) is 6.92 Å². The maximum Gasteiger partial charge on any atom is 0.416 e. The van der Waals surface area contributed by atoms with Crippen molar-refractivity contribution < 1.29 is 18.0 Å². The molecule has 2 amide bonds. The van der Waals surface area contributed by atoms with Crippen molar-refractivity contribution in [2.24, 2.45) is 0 Å². The summed E-state index contributed by atoms with van der Waals surface area (Å²) >= 11 is 1.23. The van der Waals surface area contributed by atoms with Crippen LogP contribution < -0.4 is 10.6 Å². The average molecular weight is 301 g/mol. The predicted molar refractivity (Wildman–Crippen MR) is 70.9 cm³/mol. The number of alkyl halides is 3. The quantitative estimate of drug-likeness (QED) is 0.877. The highest BCUT2D eigenvalue weighted by molar-refractivity contribution is 7.13. The molecule has 2 rings (SSSR count). The van der Waals surface area contributed by atoms with Crippen molar-refractivity contribution in [3.8, 4) is 0 Å². The Morgan fingerprint density at radius 2 is 2.05 bits per heavy atom. The van der Waals surface area contributed by atoms with Crippen LogP contribution in [0.2, 0.25) is 0 Å². The van der Waals surface area contributed by atoms with E-state index in [2.05, 4.69) is 15.6 Å². The minimum absolute atomic E-state index is 0.0607. The standard InChI is InChI=1S/C12H10F3N3OS/c1-7-6-20-11(16-7)18-10(19)17-9-4-2-3-8(5-9)12(13,14)15/h2-6H,1H3,(H2,16,17,18,19). The van der Waals surface area contributed by atoms with E-state index in [9.17, 15) is 18.0 Å². The number of nitrogens with zero attached hydrogens (tertiary/aromatic N) is 1. The number of hydrogen-bond donors (Lipinski definition) is 2. The van der Waals surface area contributed by atoms with Gasteiger partial charge in [-0.15, -0.1) is 11.3 Å². The Morgan fingerprint density at radius 3 is 2.65 bits per heavy atom. The summed E-state index contributed by atoms with van der Waals surface area (Å²) < 4.78 is 37.6. The molecule has 1 aromatic heterocycles. The first kappa shape index (κ1) is 14.3. The van der Waals surface area contributed by atoms with E-state index in [0.29, 0.717) is 5.13 Å². The number of urea groups is 1. The number of nitrogens with one attached hydrogen (secondary N) is 2. The SMILES string of the molecule is Cc1csc(NC(=O)Nc2cccc(C(F)(F)F)c2)n1. The van der Waals surface area contributed by atoms with Crippen molar-refractivity contribution in [3.63, 3.8) is 0 Å². The molecule has 0 aliphatic heterocycles. The maximum atomic E-state index is 12.5. The Balaban J connectivity index is 2.04. The molecule has 0 radical (unpaired) electrons. The van der Waals surface area contributed by atoms with E-state index in [1.54, 1.807) is 12.3 Å². The first-order valence-corrected chi connectivity index (χ1v) is 6.40. The van der Waals surface area contributed by atoms with Crippen molar-refractivity contribution in [1.82, 2.24) is 4.98 Å². The van der Waals surface area contributed by atoms with Gasteiger partial charge >= 0.3 is 12.2 Å². The molecule has 1 aromatic carbocycles. The molecule has 20 heavy (non-hydrogen) atoms. The summed E-state index contributed by atoms with van der Waals surface area (Å²) in [5.41, 5.74) is -0.00429. The van der Waals surface area contributed by atoms with Gasteiger partial charge in [0.1, 0.15) is 0 Å². The summed E-state index contributed by atoms with van der Waals surface area (Å²) in [5, 5.41) is 6.91. The van der Waals surface area contributed by atoms with Gasteiger partial charge in [0.05, 0.1) is 11.3 Å². The molecule has 0 saturated heterocycles. The van der Waals surface area contributed by atoms with Gasteiger partial charge < -0.3 is 5.32 Å². The van der Waals surface area contributed by atoms with E-state index in [0.717, 1.165) is 17.8 Å². The highest BCUT2D eigenvalue weighted by atomic mass is 32.1. The number of aryl methyl sites for hydroxylation is 1. The number of carbonyl (C=O) groups excluding carboxylic acids is 1. The minimum Gasteiger partial charge on any atom is -0.308 e. The van der Waals surface area contributed by atoms with Crippen LogP contribution in [0.3, 0.4) is 0 Å². The second-order valence-electron chi connectivity index (χ2n) is 3.95. The van der Waals surface area contributed by atoms with Crippen LogP contribution in [0.4, 0.5) is 28.8 Å². The zero-order chi connectivity index (χ0) is 14.8. The summed E-state index contributed by atoms with van der Waals surface area (Å²) in [6.07, 6.45) is -4.44. The molecule has 4 nitrogen and oxygen atoms in total. The lowest BCUT2D eigenvalue weighted by Crippen LogP contribution is -2.19. The maximum absolute atomic E-state index is 12.5. The normalized spacial score (nSPS) is 11.2. The zero-order valence-electron chi connectivity index (χ0n) is 10.3. The van der Waals surface area contributed by atoms with Crippen molar-refractivity contribution in [1.29, 1.82) is 0 Å². The summed E-state index contributed by atoms with van der Waals surface area (Å²) in [4.78, 5) is 15.6. The molecule has 2 N–H and O–H groups in total. The van der Waals surface area contributed by atoms with Crippen molar-refractivity contribution in [2.45, 2.75) is 13.1 Å². The molecule has 1 heterocycles. The van der Waals surface area contributed by atoms with Crippen molar-refractivity contribution in [3.05, 3.63) is 40.9 Å². The van der Waals surface area contributed by atoms with Gasteiger partial charge in [0.2, 0.25) is 0 Å². The van der Waals surface area contributed by atoms with E-state index >= 15 is 0 Å². The van der Waals surface area contributed by atoms with Crippen LogP contribution in [0.25, 0.3) is 0 Å². The van der Waals surface area contributed by atoms with E-state index in [4.69, 9.17) is 0 Å². The van der Waals surface area contributed by atoms with Gasteiger partial charge in [-0.1, -0.05) is 6.07 Å². The highest BCUT2D eigenvalue weighted by Gasteiger charge is 2.30. The predicted octanol–water partition coefficient (Wildman–Crippen LogP) is 4.11. The van der Waals surface area contributed by atoms with Gasteiger partial charge in [0.15, 0.2) is 5.13 Å². The number of anilines is 2. The third kappa shape index (κ3) is 3.70. The highest BCUT2D eigenvalue weighted by Crippen LogP contribution is 2.30. The number of carbonyl (C=O) groups is 1. The Morgan fingerprint density at radius 1 is 1.30 bits per heavy atom. The third-order valence-corrected chi connectivity index (χ3v) is 3.16. The van der Waals surface area contributed by atoms with Gasteiger partial charge in [-0.25, -0.2) is 9.78 Å². The van der Waals surface area contributed by atoms with Gasteiger partial charge in [0.25, 0.3) is 0 Å². The number of halogens is 3. The first-order chi connectivity index (χ1) is 9.34. The molecule has 0 atom stereocenters. The molecular formula is C12H10F3N3OS. The third-order valence-electron chi connectivity index (χ3n) is 2.29. The van der Waals surface area contributed by atoms with E-state index in [1.807, 2.05) is 0 Å². The van der Waals surface area contributed by atoms with E-state index in [1.165, 1.54) is 23.5 Å². The summed E-state index contributed by atoms with van der Waals surface area (Å²) in [6.45, 7) is 1.77. The van der Waals surface area contributed by atoms with Crippen LogP contribution in [-0.2, 0) is 6.18 Å². The van der Waals surface area contributed by atoms with Gasteiger partial charge in [-0.3, -0.25) is 5.32 Å². The fourth-order valence-electron chi connectivity index (χ4n) is 1.44. The van der Waals surface area contributed by atoms with Crippen LogP contribution >= 0.6 is 11.3 Å². The molecule has 0 aliphatic rings. The molecule has 0 unspecified atom stereocenters. The minimum atomic E-state index is -4.44. The smallest absolute Gasteiger partial charge is 0.308 e. The van der Waals surface area contributed by atoms with Gasteiger partial charge in [0, 0.05) is 11.1 Å². The van der Waals surface area contributed by atoms with Crippen molar-refractivity contribution >= 4 is 28.2 Å². The second-order valence-corrected chi connectivity index (χ2v) is 4.81. The topological polar surface area (TPSA) is 54.0 Å². The lowest BCUT2D eigenvalue weighted by atomic mass is 10.2. The fourth-order valence-corrected chi connectivity index (χ4v) is 2.13. The van der Waals surface area contributed by atoms with Crippen LogP contribution in [0.5, 0.6) is 0 Å². The molecule has 0 bridgehead atoms. The number of benzene rings is 1. The second kappa shape index (κ2) is 5.49. The number of amides is 2.